The Morgan fingerprint density at radius 2 is 1.96 bits per heavy atom. The molecule has 0 saturated carbocycles. The molecule has 1 heterocycles. The molecule has 6 heteroatoms. The van der Waals surface area contributed by atoms with Crippen molar-refractivity contribution >= 4 is 9.84 Å². The van der Waals surface area contributed by atoms with Gasteiger partial charge in [0, 0.05) is 38.8 Å². The van der Waals surface area contributed by atoms with Crippen LogP contribution in [0.15, 0.2) is 35.2 Å². The maximum absolute atomic E-state index is 12.4. The second-order valence-electron chi connectivity index (χ2n) is 6.34. The average Bonchev–Trinajstić information content (AvgIpc) is 2.54. The van der Waals surface area contributed by atoms with Gasteiger partial charge in [0.05, 0.1) is 16.8 Å². The Kier molecular flexibility index (Phi) is 6.59. The number of piperazine rings is 1. The predicted molar refractivity (Wildman–Crippen MR) is 92.3 cm³/mol. The van der Waals surface area contributed by atoms with Gasteiger partial charge in [-0.15, -0.1) is 0 Å². The lowest BCUT2D eigenvalue weighted by Gasteiger charge is -2.41. The van der Waals surface area contributed by atoms with E-state index in [1.54, 1.807) is 24.3 Å². The third-order valence-electron chi connectivity index (χ3n) is 4.44. The second-order valence-corrected chi connectivity index (χ2v) is 8.45. The zero-order chi connectivity index (χ0) is 16.9. The molecule has 0 aliphatic carbocycles. The van der Waals surface area contributed by atoms with Crippen molar-refractivity contribution in [3.8, 4) is 0 Å². The summed E-state index contributed by atoms with van der Waals surface area (Å²) in [6, 6.07) is 9.04. The van der Waals surface area contributed by atoms with Crippen molar-refractivity contribution < 1.29 is 13.5 Å². The molecule has 1 aliphatic rings. The van der Waals surface area contributed by atoms with Crippen LogP contribution in [0.3, 0.4) is 0 Å². The molecular formula is C17H28N2O3S. The van der Waals surface area contributed by atoms with Crippen LogP contribution < -0.4 is 0 Å². The molecule has 0 unspecified atom stereocenters. The third kappa shape index (κ3) is 5.28. The van der Waals surface area contributed by atoms with Crippen LogP contribution in [0.2, 0.25) is 0 Å². The summed E-state index contributed by atoms with van der Waals surface area (Å²) in [7, 11) is -3.21. The van der Waals surface area contributed by atoms with Crippen LogP contribution in [0.5, 0.6) is 0 Å². The average molecular weight is 340 g/mol. The Morgan fingerprint density at radius 1 is 1.26 bits per heavy atom. The smallest absolute Gasteiger partial charge is 0.179 e. The van der Waals surface area contributed by atoms with Gasteiger partial charge >= 0.3 is 0 Å². The standard InChI is InChI=1S/C17H28N2O3S/c1-3-16-14-18(9-10-19(16)13-15(2)20)11-12-23(21,22)17-7-5-4-6-8-17/h4-8,15-16,20H,3,9-14H2,1-2H3/t15-,16-/m1/s1. The van der Waals surface area contributed by atoms with E-state index in [0.717, 1.165) is 26.1 Å². The van der Waals surface area contributed by atoms with Crippen molar-refractivity contribution in [2.75, 3.05) is 38.5 Å². The molecular weight excluding hydrogens is 312 g/mol. The lowest BCUT2D eigenvalue weighted by atomic mass is 10.1. The van der Waals surface area contributed by atoms with Gasteiger partial charge in [0.15, 0.2) is 9.84 Å². The number of benzene rings is 1. The van der Waals surface area contributed by atoms with Gasteiger partial charge in [0.1, 0.15) is 0 Å². The van der Waals surface area contributed by atoms with Gasteiger partial charge in [0.2, 0.25) is 0 Å². The first kappa shape index (κ1) is 18.4. The van der Waals surface area contributed by atoms with Crippen molar-refractivity contribution in [3.63, 3.8) is 0 Å². The topological polar surface area (TPSA) is 60.9 Å². The van der Waals surface area contributed by atoms with Crippen LogP contribution in [0.1, 0.15) is 20.3 Å². The number of aliphatic hydroxyl groups excluding tert-OH is 1. The summed E-state index contributed by atoms with van der Waals surface area (Å²) in [6.07, 6.45) is 0.684. The first-order valence-electron chi connectivity index (χ1n) is 8.34. The number of sulfone groups is 1. The molecule has 1 aromatic carbocycles. The van der Waals surface area contributed by atoms with E-state index >= 15 is 0 Å². The van der Waals surface area contributed by atoms with Gasteiger partial charge in [-0.25, -0.2) is 8.42 Å². The minimum Gasteiger partial charge on any atom is -0.392 e. The Labute approximate surface area is 139 Å². The molecule has 1 aromatic rings. The number of hydrogen-bond donors (Lipinski definition) is 1. The van der Waals surface area contributed by atoms with Crippen LogP contribution >= 0.6 is 0 Å². The lowest BCUT2D eigenvalue weighted by molar-refractivity contribution is 0.0389. The van der Waals surface area contributed by atoms with Crippen molar-refractivity contribution in [2.45, 2.75) is 37.3 Å². The summed E-state index contributed by atoms with van der Waals surface area (Å²) < 4.78 is 24.7. The highest BCUT2D eigenvalue weighted by molar-refractivity contribution is 7.91. The molecule has 1 fully saturated rings. The van der Waals surface area contributed by atoms with Gasteiger partial charge in [-0.1, -0.05) is 25.1 Å². The summed E-state index contributed by atoms with van der Waals surface area (Å²) in [5.41, 5.74) is 0. The fraction of sp³-hybridized carbons (Fsp3) is 0.647. The van der Waals surface area contributed by atoms with E-state index in [-0.39, 0.29) is 11.9 Å². The molecule has 0 amide bonds. The summed E-state index contributed by atoms with van der Waals surface area (Å²) >= 11 is 0. The summed E-state index contributed by atoms with van der Waals surface area (Å²) in [5.74, 6) is 0.157. The summed E-state index contributed by atoms with van der Waals surface area (Å²) in [6.45, 7) is 7.82. The molecule has 0 bridgehead atoms. The third-order valence-corrected chi connectivity index (χ3v) is 6.15. The van der Waals surface area contributed by atoms with Crippen LogP contribution in [-0.4, -0.2) is 73.9 Å². The van der Waals surface area contributed by atoms with Gasteiger partial charge < -0.3 is 5.11 Å². The van der Waals surface area contributed by atoms with Crippen LogP contribution in [0.25, 0.3) is 0 Å². The molecule has 130 valence electrons. The quantitative estimate of drug-likeness (QED) is 0.809. The number of aliphatic hydroxyl groups is 1. The molecule has 0 aromatic heterocycles. The first-order chi connectivity index (χ1) is 10.9. The van der Waals surface area contributed by atoms with E-state index in [4.69, 9.17) is 0 Å². The predicted octanol–water partition coefficient (Wildman–Crippen LogP) is 1.24. The Morgan fingerprint density at radius 3 is 2.57 bits per heavy atom. The molecule has 0 spiro atoms. The van der Waals surface area contributed by atoms with Gasteiger partial charge in [-0.05, 0) is 25.5 Å². The Balaban J connectivity index is 1.90. The molecule has 1 saturated heterocycles. The van der Waals surface area contributed by atoms with Gasteiger partial charge in [-0.2, -0.15) is 0 Å². The molecule has 2 rings (SSSR count). The van der Waals surface area contributed by atoms with Crippen molar-refractivity contribution in [2.24, 2.45) is 0 Å². The highest BCUT2D eigenvalue weighted by atomic mass is 32.2. The molecule has 0 radical (unpaired) electrons. The fourth-order valence-corrected chi connectivity index (χ4v) is 4.43. The summed E-state index contributed by atoms with van der Waals surface area (Å²) in [5, 5.41) is 9.59. The maximum atomic E-state index is 12.4. The monoisotopic (exact) mass is 340 g/mol. The lowest BCUT2D eigenvalue weighted by Crippen LogP contribution is -2.55. The van der Waals surface area contributed by atoms with E-state index in [1.165, 1.54) is 0 Å². The van der Waals surface area contributed by atoms with Crippen LogP contribution in [-0.2, 0) is 9.84 Å². The minimum absolute atomic E-state index is 0.157. The van der Waals surface area contributed by atoms with E-state index < -0.39 is 9.84 Å². The molecule has 2 atom stereocenters. The first-order valence-corrected chi connectivity index (χ1v) is 10.00. The zero-order valence-corrected chi connectivity index (χ0v) is 14.9. The van der Waals surface area contributed by atoms with Crippen molar-refractivity contribution in [3.05, 3.63) is 30.3 Å². The number of nitrogens with zero attached hydrogens (tertiary/aromatic N) is 2. The Bertz CT molecular complexity index is 575. The molecule has 5 nitrogen and oxygen atoms in total. The second kappa shape index (κ2) is 8.24. The fourth-order valence-electron chi connectivity index (χ4n) is 3.12. The highest BCUT2D eigenvalue weighted by Gasteiger charge is 2.27. The van der Waals surface area contributed by atoms with Crippen LogP contribution in [0, 0.1) is 0 Å². The normalized spacial score (nSPS) is 22.1. The zero-order valence-electron chi connectivity index (χ0n) is 14.1. The highest BCUT2D eigenvalue weighted by Crippen LogP contribution is 2.15. The van der Waals surface area contributed by atoms with Gasteiger partial charge in [-0.3, -0.25) is 9.80 Å². The minimum atomic E-state index is -3.21. The van der Waals surface area contributed by atoms with E-state index in [1.807, 2.05) is 13.0 Å². The maximum Gasteiger partial charge on any atom is 0.179 e. The number of rotatable bonds is 7. The molecule has 1 N–H and O–H groups in total. The van der Waals surface area contributed by atoms with E-state index in [9.17, 15) is 13.5 Å². The van der Waals surface area contributed by atoms with Crippen molar-refractivity contribution in [1.82, 2.24) is 9.80 Å². The van der Waals surface area contributed by atoms with Crippen molar-refractivity contribution in [1.29, 1.82) is 0 Å². The number of hydrogen-bond acceptors (Lipinski definition) is 5. The molecule has 23 heavy (non-hydrogen) atoms. The SMILES string of the molecule is CC[C@@H]1CN(CCS(=O)(=O)c2ccccc2)CCN1C[C@@H](C)O. The Hall–Kier alpha value is -0.950. The molecule has 1 aliphatic heterocycles. The van der Waals surface area contributed by atoms with E-state index in [0.29, 0.717) is 24.0 Å². The number of β-amino-alcohol motifs (C(OH)–C–C–N with tert-alkyl or cyclic N) is 1. The van der Waals surface area contributed by atoms with Crippen LogP contribution in [0.4, 0.5) is 0 Å². The van der Waals surface area contributed by atoms with Gasteiger partial charge in [0.25, 0.3) is 0 Å². The summed E-state index contributed by atoms with van der Waals surface area (Å²) in [4.78, 5) is 4.94. The van der Waals surface area contributed by atoms with E-state index in [2.05, 4.69) is 16.7 Å². The largest absolute Gasteiger partial charge is 0.392 e.